The van der Waals surface area contributed by atoms with Gasteiger partial charge in [-0.25, -0.2) is 0 Å². The smallest absolute Gasteiger partial charge is 0.545 e. The minimum absolute atomic E-state index is 0. The van der Waals surface area contributed by atoms with Gasteiger partial charge in [-0.05, 0) is 12.5 Å². The van der Waals surface area contributed by atoms with E-state index in [0.29, 0.717) is 6.42 Å². The summed E-state index contributed by atoms with van der Waals surface area (Å²) in [5.41, 5.74) is 0. The molecule has 0 heterocycles. The Morgan fingerprint density at radius 3 is 1.19 bits per heavy atom. The van der Waals surface area contributed by atoms with Crippen molar-refractivity contribution in [2.24, 2.45) is 0 Å². The van der Waals surface area contributed by atoms with Crippen LogP contribution in [-0.2, 0) is 4.79 Å². The van der Waals surface area contributed by atoms with Crippen LogP contribution >= 0.6 is 0 Å². The molecule has 0 aliphatic rings. The maximum atomic E-state index is 10.3. The third-order valence-electron chi connectivity index (χ3n) is 6.31. The quantitative estimate of drug-likeness (QED) is 0.123. The summed E-state index contributed by atoms with van der Waals surface area (Å²) in [5, 5.41) is 19.9. The summed E-state index contributed by atoms with van der Waals surface area (Å²) in [4.78, 5) is 10.3. The minimum Gasteiger partial charge on any atom is -0.545 e. The number of unbranched alkanes of at least 4 members (excludes halogenated alkanes) is 21. The number of carboxylic acid groups (broad SMARTS) is 1. The molecule has 0 aliphatic carbocycles. The van der Waals surface area contributed by atoms with Crippen molar-refractivity contribution in [2.75, 3.05) is 0 Å². The van der Waals surface area contributed by atoms with Crippen LogP contribution in [0.2, 0.25) is 0 Å². The summed E-state index contributed by atoms with van der Waals surface area (Å²) in [7, 11) is 0. The summed E-state index contributed by atoms with van der Waals surface area (Å²) in [6, 6.07) is 0. The minimum atomic E-state index is -1.24. The Kier molecular flexibility index (Phi) is 31.3. The number of hydrogen-bond acceptors (Lipinski definition) is 3. The third-order valence-corrected chi connectivity index (χ3v) is 6.31. The van der Waals surface area contributed by atoms with Crippen molar-refractivity contribution in [1.29, 1.82) is 0 Å². The van der Waals surface area contributed by atoms with E-state index < -0.39 is 12.1 Å². The van der Waals surface area contributed by atoms with Crippen molar-refractivity contribution in [1.82, 2.24) is 0 Å². The number of aliphatic hydroxyl groups is 1. The van der Waals surface area contributed by atoms with E-state index in [1.807, 2.05) is 0 Å². The molecule has 1 N–H and O–H groups in total. The average molecular weight is 461 g/mol. The first-order valence-corrected chi connectivity index (χ1v) is 13.7. The fraction of sp³-hybridized carbons (Fsp3) is 0.893. The van der Waals surface area contributed by atoms with Gasteiger partial charge in [0.15, 0.2) is 0 Å². The van der Waals surface area contributed by atoms with Gasteiger partial charge in [-0.1, -0.05) is 154 Å². The molecule has 0 amide bonds. The molecule has 0 radical (unpaired) electrons. The van der Waals surface area contributed by atoms with E-state index in [1.54, 1.807) is 0 Å². The van der Waals surface area contributed by atoms with Gasteiger partial charge in [0.1, 0.15) is 0 Å². The van der Waals surface area contributed by atoms with Crippen LogP contribution in [-0.4, -0.2) is 17.2 Å². The van der Waals surface area contributed by atoms with Crippen LogP contribution in [0.5, 0.6) is 0 Å². The van der Waals surface area contributed by atoms with Crippen LogP contribution in [0.15, 0.2) is 12.2 Å². The first-order valence-electron chi connectivity index (χ1n) is 13.7. The van der Waals surface area contributed by atoms with Crippen molar-refractivity contribution in [3.05, 3.63) is 12.2 Å². The second-order valence-corrected chi connectivity index (χ2v) is 9.46. The van der Waals surface area contributed by atoms with Crippen molar-refractivity contribution < 1.29 is 44.6 Å². The fourth-order valence-corrected chi connectivity index (χ4v) is 4.25. The molecule has 0 aromatic rings. The monoisotopic (exact) mass is 460 g/mol. The zero-order valence-electron chi connectivity index (χ0n) is 21.8. The molecular weight excluding hydrogens is 407 g/mol. The zero-order chi connectivity index (χ0) is 22.8. The molecule has 1 unspecified atom stereocenters. The molecule has 184 valence electrons. The van der Waals surface area contributed by atoms with Gasteiger partial charge in [0.05, 0.1) is 12.1 Å². The SMILES string of the molecule is CCCCCCCCCCCCCCCCCCCCCCCCC(O)C=CC(=O)[O-].[Na+]. The number of hydrogen-bond donors (Lipinski definition) is 1. The van der Waals surface area contributed by atoms with Gasteiger partial charge < -0.3 is 15.0 Å². The molecule has 0 spiro atoms. The predicted molar refractivity (Wildman–Crippen MR) is 132 cm³/mol. The van der Waals surface area contributed by atoms with E-state index >= 15 is 0 Å². The summed E-state index contributed by atoms with van der Waals surface area (Å²) < 4.78 is 0. The van der Waals surface area contributed by atoms with E-state index in [9.17, 15) is 15.0 Å². The molecule has 0 aromatic carbocycles. The van der Waals surface area contributed by atoms with Crippen molar-refractivity contribution >= 4 is 5.97 Å². The fourth-order valence-electron chi connectivity index (χ4n) is 4.25. The van der Waals surface area contributed by atoms with Crippen LogP contribution in [0.4, 0.5) is 0 Å². The first-order chi connectivity index (χ1) is 15.2. The van der Waals surface area contributed by atoms with Gasteiger partial charge in [0.2, 0.25) is 0 Å². The molecule has 0 aromatic heterocycles. The number of carboxylic acids is 1. The summed E-state index contributed by atoms with van der Waals surface area (Å²) in [6.07, 6.45) is 32.3. The summed E-state index contributed by atoms with van der Waals surface area (Å²) in [6.45, 7) is 2.29. The molecule has 32 heavy (non-hydrogen) atoms. The van der Waals surface area contributed by atoms with Gasteiger partial charge in [0.25, 0.3) is 0 Å². The topological polar surface area (TPSA) is 60.4 Å². The predicted octanol–water partition coefficient (Wildman–Crippen LogP) is 4.65. The first kappa shape index (κ1) is 34.3. The van der Waals surface area contributed by atoms with Gasteiger partial charge in [-0.3, -0.25) is 0 Å². The van der Waals surface area contributed by atoms with Crippen LogP contribution < -0.4 is 34.7 Å². The van der Waals surface area contributed by atoms with E-state index in [4.69, 9.17) is 0 Å². The Labute approximate surface area is 222 Å². The second kappa shape index (κ2) is 29.2. The van der Waals surface area contributed by atoms with Crippen molar-refractivity contribution in [3.63, 3.8) is 0 Å². The van der Waals surface area contributed by atoms with Gasteiger partial charge >= 0.3 is 29.6 Å². The van der Waals surface area contributed by atoms with Gasteiger partial charge in [0, 0.05) is 0 Å². The number of aliphatic carboxylic acids is 1. The molecule has 3 nitrogen and oxygen atoms in total. The number of aliphatic hydroxyl groups excluding tert-OH is 1. The van der Waals surface area contributed by atoms with E-state index in [-0.39, 0.29) is 29.6 Å². The van der Waals surface area contributed by atoms with E-state index in [2.05, 4.69) is 6.92 Å². The van der Waals surface area contributed by atoms with Crippen LogP contribution in [0.3, 0.4) is 0 Å². The van der Waals surface area contributed by atoms with Crippen molar-refractivity contribution in [2.45, 2.75) is 161 Å². The molecule has 0 saturated carbocycles. The maximum absolute atomic E-state index is 10.3. The Morgan fingerprint density at radius 1 is 0.625 bits per heavy atom. The maximum Gasteiger partial charge on any atom is 1.00 e. The van der Waals surface area contributed by atoms with E-state index in [0.717, 1.165) is 18.9 Å². The third kappa shape index (κ3) is 30.2. The zero-order valence-corrected chi connectivity index (χ0v) is 23.8. The molecule has 0 fully saturated rings. The largest absolute Gasteiger partial charge is 1.00 e. The number of rotatable bonds is 25. The standard InChI is InChI=1S/C28H54O3.Na/c1-2-3-4-5-6-7-8-9-10-11-12-13-14-15-16-17-18-19-20-21-22-23-24-27(29)25-26-28(30)31;/h25-27,29H,2-24H2,1H3,(H,30,31);/q;+1/p-1. The Morgan fingerprint density at radius 2 is 0.906 bits per heavy atom. The number of carbonyl (C=O) groups is 1. The average Bonchev–Trinajstić information content (AvgIpc) is 2.75. The Hall–Kier alpha value is 0.170. The molecule has 1 atom stereocenters. The Bertz CT molecular complexity index is 398. The second-order valence-electron chi connectivity index (χ2n) is 9.46. The van der Waals surface area contributed by atoms with Crippen LogP contribution in [0.1, 0.15) is 155 Å². The molecule has 0 bridgehead atoms. The van der Waals surface area contributed by atoms with E-state index in [1.165, 1.54) is 134 Å². The number of carbonyl (C=O) groups excluding carboxylic acids is 1. The summed E-state index contributed by atoms with van der Waals surface area (Å²) >= 11 is 0. The molecule has 0 aliphatic heterocycles. The molecule has 0 rings (SSSR count). The van der Waals surface area contributed by atoms with Crippen LogP contribution in [0, 0.1) is 0 Å². The Balaban J connectivity index is 0. The molecule has 0 saturated heterocycles. The molecule has 4 heteroatoms. The van der Waals surface area contributed by atoms with Gasteiger partial charge in [-0.15, -0.1) is 0 Å². The summed E-state index contributed by atoms with van der Waals surface area (Å²) in [5.74, 6) is -1.24. The van der Waals surface area contributed by atoms with Crippen molar-refractivity contribution in [3.8, 4) is 0 Å². The normalized spacial score (nSPS) is 12.2. The van der Waals surface area contributed by atoms with Gasteiger partial charge in [-0.2, -0.15) is 0 Å². The van der Waals surface area contributed by atoms with Crippen LogP contribution in [0.25, 0.3) is 0 Å². The molecular formula is C28H53NaO3.